The van der Waals surface area contributed by atoms with Crippen molar-refractivity contribution in [2.75, 3.05) is 18.4 Å². The lowest BCUT2D eigenvalue weighted by Gasteiger charge is -2.24. The average molecular weight is 265 g/mol. The third-order valence-corrected chi connectivity index (χ3v) is 3.14. The Morgan fingerprint density at radius 1 is 1.42 bits per heavy atom. The van der Waals surface area contributed by atoms with Crippen molar-refractivity contribution < 1.29 is 14.8 Å². The fourth-order valence-corrected chi connectivity index (χ4v) is 2.13. The van der Waals surface area contributed by atoms with Gasteiger partial charge in [0.15, 0.2) is 0 Å². The maximum atomic E-state index is 11.0. The molecule has 0 atom stereocenters. The average Bonchev–Trinajstić information content (AvgIpc) is 2.39. The van der Waals surface area contributed by atoms with E-state index < -0.39 is 10.9 Å². The van der Waals surface area contributed by atoms with Gasteiger partial charge in [-0.1, -0.05) is 0 Å². The predicted molar refractivity (Wildman–Crippen MR) is 69.6 cm³/mol. The van der Waals surface area contributed by atoms with E-state index in [1.54, 1.807) is 0 Å². The highest BCUT2D eigenvalue weighted by atomic mass is 16.6. The van der Waals surface area contributed by atoms with E-state index in [-0.39, 0.29) is 23.0 Å². The van der Waals surface area contributed by atoms with Crippen molar-refractivity contribution in [1.82, 2.24) is 5.32 Å². The summed E-state index contributed by atoms with van der Waals surface area (Å²) in [6.07, 6.45) is 1.71. The van der Waals surface area contributed by atoms with Crippen molar-refractivity contribution in [3.05, 3.63) is 33.9 Å². The molecule has 0 amide bonds. The normalized spacial score (nSPS) is 16.0. The van der Waals surface area contributed by atoms with Gasteiger partial charge in [-0.2, -0.15) is 0 Å². The number of carboxylic acids is 1. The Morgan fingerprint density at radius 3 is 2.68 bits per heavy atom. The molecule has 0 bridgehead atoms. The first-order valence-corrected chi connectivity index (χ1v) is 6.07. The molecule has 1 aliphatic rings. The lowest BCUT2D eigenvalue weighted by molar-refractivity contribution is -0.384. The van der Waals surface area contributed by atoms with E-state index in [0.717, 1.165) is 25.9 Å². The van der Waals surface area contributed by atoms with Crippen molar-refractivity contribution in [2.24, 2.45) is 0 Å². The minimum Gasteiger partial charge on any atom is -0.478 e. The smallest absolute Gasteiger partial charge is 0.335 e. The molecule has 102 valence electrons. The standard InChI is InChI=1S/C12H15N3O4/c16-12(17)8-1-2-11(15(18)19)10(7-8)14-9-3-5-13-6-4-9/h1-2,7,9,13-14H,3-6H2,(H,16,17). The van der Waals surface area contributed by atoms with E-state index in [1.165, 1.54) is 18.2 Å². The number of nitrogens with zero attached hydrogens (tertiary/aromatic N) is 1. The van der Waals surface area contributed by atoms with Crippen molar-refractivity contribution in [3.63, 3.8) is 0 Å². The molecular formula is C12H15N3O4. The second-order valence-corrected chi connectivity index (χ2v) is 4.46. The summed E-state index contributed by atoms with van der Waals surface area (Å²) in [6, 6.07) is 3.92. The minimum atomic E-state index is -1.09. The van der Waals surface area contributed by atoms with Crippen LogP contribution in [0, 0.1) is 10.1 Å². The molecule has 1 saturated heterocycles. The Kier molecular flexibility index (Phi) is 3.96. The van der Waals surface area contributed by atoms with E-state index in [9.17, 15) is 14.9 Å². The van der Waals surface area contributed by atoms with Gasteiger partial charge < -0.3 is 15.7 Å². The third-order valence-electron chi connectivity index (χ3n) is 3.14. The third kappa shape index (κ3) is 3.19. The molecule has 0 spiro atoms. The van der Waals surface area contributed by atoms with E-state index in [4.69, 9.17) is 5.11 Å². The summed E-state index contributed by atoms with van der Waals surface area (Å²) >= 11 is 0. The monoisotopic (exact) mass is 265 g/mol. The van der Waals surface area contributed by atoms with Gasteiger partial charge in [-0.3, -0.25) is 10.1 Å². The lowest BCUT2D eigenvalue weighted by atomic mass is 10.1. The first-order valence-electron chi connectivity index (χ1n) is 6.07. The number of benzene rings is 1. The molecule has 0 aliphatic carbocycles. The Balaban J connectivity index is 2.26. The van der Waals surface area contributed by atoms with E-state index in [1.807, 2.05) is 0 Å². The molecule has 1 aromatic rings. The summed E-state index contributed by atoms with van der Waals surface area (Å²) in [6.45, 7) is 1.70. The summed E-state index contributed by atoms with van der Waals surface area (Å²) in [5, 5.41) is 26.2. The number of nitro groups is 1. The van der Waals surface area contributed by atoms with Gasteiger partial charge in [0.1, 0.15) is 5.69 Å². The number of carbonyl (C=O) groups is 1. The Morgan fingerprint density at radius 2 is 2.11 bits per heavy atom. The van der Waals surface area contributed by atoms with Gasteiger partial charge >= 0.3 is 5.97 Å². The number of carboxylic acid groups (broad SMARTS) is 1. The molecule has 0 saturated carbocycles. The number of piperidine rings is 1. The van der Waals surface area contributed by atoms with Gasteiger partial charge in [-0.25, -0.2) is 4.79 Å². The van der Waals surface area contributed by atoms with Gasteiger partial charge in [0.25, 0.3) is 5.69 Å². The predicted octanol–water partition coefficient (Wildman–Crippen LogP) is 1.46. The van der Waals surface area contributed by atoms with Crippen molar-refractivity contribution in [2.45, 2.75) is 18.9 Å². The maximum Gasteiger partial charge on any atom is 0.335 e. The largest absolute Gasteiger partial charge is 0.478 e. The number of rotatable bonds is 4. The van der Waals surface area contributed by atoms with Crippen LogP contribution in [0.5, 0.6) is 0 Å². The van der Waals surface area contributed by atoms with E-state index in [2.05, 4.69) is 10.6 Å². The Bertz CT molecular complexity index is 498. The number of aromatic carboxylic acids is 1. The molecule has 1 aromatic carbocycles. The van der Waals surface area contributed by atoms with E-state index >= 15 is 0 Å². The van der Waals surface area contributed by atoms with Crippen LogP contribution in [0.15, 0.2) is 18.2 Å². The minimum absolute atomic E-state index is 0.0436. The summed E-state index contributed by atoms with van der Waals surface area (Å²) in [4.78, 5) is 21.4. The first kappa shape index (κ1) is 13.3. The van der Waals surface area contributed by atoms with Crippen LogP contribution < -0.4 is 10.6 Å². The highest BCUT2D eigenvalue weighted by molar-refractivity contribution is 5.90. The molecule has 1 aliphatic heterocycles. The molecule has 1 heterocycles. The van der Waals surface area contributed by atoms with Gasteiger partial charge in [-0.05, 0) is 38.1 Å². The lowest BCUT2D eigenvalue weighted by Crippen LogP contribution is -2.35. The van der Waals surface area contributed by atoms with Crippen LogP contribution in [-0.2, 0) is 0 Å². The zero-order chi connectivity index (χ0) is 13.8. The first-order chi connectivity index (χ1) is 9.08. The van der Waals surface area contributed by atoms with Gasteiger partial charge in [0, 0.05) is 12.1 Å². The molecule has 0 unspecified atom stereocenters. The van der Waals surface area contributed by atoms with Crippen LogP contribution in [0.25, 0.3) is 0 Å². The zero-order valence-corrected chi connectivity index (χ0v) is 10.3. The van der Waals surface area contributed by atoms with Gasteiger partial charge in [0.05, 0.1) is 10.5 Å². The fraction of sp³-hybridized carbons (Fsp3) is 0.417. The number of hydrogen-bond acceptors (Lipinski definition) is 5. The molecule has 3 N–H and O–H groups in total. The topological polar surface area (TPSA) is 104 Å². The van der Waals surface area contributed by atoms with Gasteiger partial charge in [0.2, 0.25) is 0 Å². The molecule has 7 nitrogen and oxygen atoms in total. The number of nitro benzene ring substituents is 1. The molecule has 7 heteroatoms. The van der Waals surface area contributed by atoms with Crippen molar-refractivity contribution >= 4 is 17.3 Å². The molecule has 19 heavy (non-hydrogen) atoms. The van der Waals surface area contributed by atoms with Crippen molar-refractivity contribution in [3.8, 4) is 0 Å². The maximum absolute atomic E-state index is 11.0. The number of hydrogen-bond donors (Lipinski definition) is 3. The Hall–Kier alpha value is -2.15. The molecular weight excluding hydrogens is 250 g/mol. The molecule has 0 aromatic heterocycles. The summed E-state index contributed by atoms with van der Waals surface area (Å²) in [7, 11) is 0. The van der Waals surface area contributed by atoms with Crippen LogP contribution in [-0.4, -0.2) is 35.1 Å². The summed E-state index contributed by atoms with van der Waals surface area (Å²) in [5.74, 6) is -1.09. The fourth-order valence-electron chi connectivity index (χ4n) is 2.13. The highest BCUT2D eigenvalue weighted by Crippen LogP contribution is 2.27. The van der Waals surface area contributed by atoms with Gasteiger partial charge in [-0.15, -0.1) is 0 Å². The summed E-state index contributed by atoms with van der Waals surface area (Å²) < 4.78 is 0. The second-order valence-electron chi connectivity index (χ2n) is 4.46. The van der Waals surface area contributed by atoms with E-state index in [0.29, 0.717) is 0 Å². The van der Waals surface area contributed by atoms with Crippen LogP contribution in [0.4, 0.5) is 11.4 Å². The molecule has 0 radical (unpaired) electrons. The SMILES string of the molecule is O=C(O)c1ccc([N+](=O)[O-])c(NC2CCNCC2)c1. The van der Waals surface area contributed by atoms with Crippen molar-refractivity contribution in [1.29, 1.82) is 0 Å². The summed E-state index contributed by atoms with van der Waals surface area (Å²) in [5.41, 5.74) is 0.224. The van der Waals surface area contributed by atoms with Crippen LogP contribution in [0.1, 0.15) is 23.2 Å². The highest BCUT2D eigenvalue weighted by Gasteiger charge is 2.20. The number of anilines is 1. The number of nitrogens with one attached hydrogen (secondary N) is 2. The quantitative estimate of drug-likeness (QED) is 0.562. The van der Waals surface area contributed by atoms with Crippen LogP contribution >= 0.6 is 0 Å². The second kappa shape index (κ2) is 5.66. The molecule has 2 rings (SSSR count). The Labute approximate surface area is 109 Å². The van der Waals surface area contributed by atoms with Crippen LogP contribution in [0.2, 0.25) is 0 Å². The molecule has 1 fully saturated rings. The zero-order valence-electron chi connectivity index (χ0n) is 10.3. The van der Waals surface area contributed by atoms with Crippen LogP contribution in [0.3, 0.4) is 0 Å².